The summed E-state index contributed by atoms with van der Waals surface area (Å²) in [5.74, 6) is 0.0815. The van der Waals surface area contributed by atoms with Crippen molar-refractivity contribution in [1.29, 1.82) is 0 Å². The van der Waals surface area contributed by atoms with Crippen LogP contribution in [0.15, 0.2) is 28.9 Å². The van der Waals surface area contributed by atoms with Gasteiger partial charge in [0.15, 0.2) is 5.70 Å². The Kier molecular flexibility index (Phi) is 2.43. The summed E-state index contributed by atoms with van der Waals surface area (Å²) in [6, 6.07) is 0. The van der Waals surface area contributed by atoms with Crippen LogP contribution >= 0.6 is 0 Å². The predicted molar refractivity (Wildman–Crippen MR) is 46.7 cm³/mol. The van der Waals surface area contributed by atoms with Crippen LogP contribution < -0.4 is 0 Å². The van der Waals surface area contributed by atoms with E-state index in [1.807, 2.05) is 13.8 Å². The number of hydrogen-bond acceptors (Lipinski definition) is 3. The quantitative estimate of drug-likeness (QED) is 0.355. The Bertz CT molecular complexity index is 283. The Morgan fingerprint density at radius 3 is 2.75 bits per heavy atom. The summed E-state index contributed by atoms with van der Waals surface area (Å²) < 4.78 is 4.86. The Balaban J connectivity index is 2.88. The third-order valence-electron chi connectivity index (χ3n) is 1.43. The molecule has 0 aromatic rings. The molecule has 0 aromatic carbocycles. The fourth-order valence-electron chi connectivity index (χ4n) is 0.875. The highest BCUT2D eigenvalue weighted by Gasteiger charge is 2.22. The van der Waals surface area contributed by atoms with E-state index in [-0.39, 0.29) is 5.97 Å². The number of ether oxygens (including phenoxy) is 1. The maximum atomic E-state index is 11.1. The van der Waals surface area contributed by atoms with Gasteiger partial charge in [-0.2, -0.15) is 0 Å². The second-order valence-corrected chi connectivity index (χ2v) is 2.74. The molecule has 0 spiro atoms. The van der Waals surface area contributed by atoms with Crippen molar-refractivity contribution in [3.05, 3.63) is 23.9 Å². The molecule has 1 aliphatic rings. The second kappa shape index (κ2) is 3.34. The van der Waals surface area contributed by atoms with Crippen LogP contribution in [0.4, 0.5) is 0 Å². The van der Waals surface area contributed by atoms with Crippen LogP contribution in [-0.4, -0.2) is 11.9 Å². The molecule has 64 valence electrons. The lowest BCUT2D eigenvalue weighted by atomic mass is 10.3. The third kappa shape index (κ3) is 1.61. The molecular weight excluding hydrogens is 154 g/mol. The highest BCUT2D eigenvalue weighted by Crippen LogP contribution is 2.16. The van der Waals surface area contributed by atoms with E-state index in [2.05, 4.69) is 11.6 Å². The number of aliphatic imine (C=N–C) groups is 1. The Hall–Kier alpha value is -1.38. The summed E-state index contributed by atoms with van der Waals surface area (Å²) in [6.45, 7) is 7.19. The molecule has 3 nitrogen and oxygen atoms in total. The van der Waals surface area contributed by atoms with Crippen LogP contribution in [-0.2, 0) is 9.53 Å². The lowest BCUT2D eigenvalue weighted by Gasteiger charge is -1.92. The van der Waals surface area contributed by atoms with Crippen LogP contribution in [0.2, 0.25) is 0 Å². The summed E-state index contributed by atoms with van der Waals surface area (Å²) >= 11 is 0. The van der Waals surface area contributed by atoms with Gasteiger partial charge in [-0.3, -0.25) is 0 Å². The number of esters is 1. The monoisotopic (exact) mass is 165 g/mol. The maximum Gasteiger partial charge on any atom is 0.363 e. The zero-order chi connectivity index (χ0) is 9.14. The highest BCUT2D eigenvalue weighted by molar-refractivity contribution is 6.05. The molecule has 0 aromatic heterocycles. The zero-order valence-corrected chi connectivity index (χ0v) is 7.26. The lowest BCUT2D eigenvalue weighted by molar-refractivity contribution is -0.130. The zero-order valence-electron chi connectivity index (χ0n) is 7.26. The summed E-state index contributed by atoms with van der Waals surface area (Å²) in [5.41, 5.74) is 1.30. The van der Waals surface area contributed by atoms with Gasteiger partial charge in [-0.25, -0.2) is 9.79 Å². The predicted octanol–water partition coefficient (Wildman–Crippen LogP) is 1.81. The molecule has 0 bridgehead atoms. The average molecular weight is 165 g/mol. The fraction of sp³-hybridized carbons (Fsp3) is 0.333. The van der Waals surface area contributed by atoms with Crippen molar-refractivity contribution in [2.75, 3.05) is 0 Å². The van der Waals surface area contributed by atoms with Crippen molar-refractivity contribution in [3.63, 3.8) is 0 Å². The second-order valence-electron chi connectivity index (χ2n) is 2.74. The van der Waals surface area contributed by atoms with E-state index in [1.165, 1.54) is 0 Å². The molecule has 0 saturated carbocycles. The molecule has 0 aliphatic carbocycles. The van der Waals surface area contributed by atoms with E-state index < -0.39 is 0 Å². The van der Waals surface area contributed by atoms with Crippen LogP contribution in [0.5, 0.6) is 0 Å². The van der Waals surface area contributed by atoms with Gasteiger partial charge in [0.05, 0.1) is 0 Å². The SMILES string of the molecule is C=CCC1=NC(=C(C)C)C(=O)O1. The van der Waals surface area contributed by atoms with Gasteiger partial charge in [0, 0.05) is 6.42 Å². The topological polar surface area (TPSA) is 38.7 Å². The number of cyclic esters (lactones) is 1. The summed E-state index contributed by atoms with van der Waals surface area (Å²) in [5, 5.41) is 0. The number of rotatable bonds is 2. The van der Waals surface area contributed by atoms with E-state index in [0.717, 1.165) is 5.57 Å². The molecule has 1 aliphatic heterocycles. The van der Waals surface area contributed by atoms with Crippen LogP contribution in [0, 0.1) is 0 Å². The third-order valence-corrected chi connectivity index (χ3v) is 1.43. The van der Waals surface area contributed by atoms with Gasteiger partial charge in [-0.1, -0.05) is 6.08 Å². The molecule has 0 saturated heterocycles. The Morgan fingerprint density at radius 1 is 1.67 bits per heavy atom. The first kappa shape index (κ1) is 8.71. The average Bonchev–Trinajstić information content (AvgIpc) is 2.32. The maximum absolute atomic E-state index is 11.1. The first-order valence-electron chi connectivity index (χ1n) is 3.73. The van der Waals surface area contributed by atoms with Gasteiger partial charge in [-0.15, -0.1) is 6.58 Å². The number of carbonyl (C=O) groups is 1. The highest BCUT2D eigenvalue weighted by atomic mass is 16.6. The molecule has 1 rings (SSSR count). The molecule has 0 N–H and O–H groups in total. The Morgan fingerprint density at radius 2 is 2.33 bits per heavy atom. The molecule has 12 heavy (non-hydrogen) atoms. The van der Waals surface area contributed by atoms with Gasteiger partial charge in [0.1, 0.15) is 0 Å². The lowest BCUT2D eigenvalue weighted by Crippen LogP contribution is -2.03. The summed E-state index contributed by atoms with van der Waals surface area (Å²) in [6.07, 6.45) is 2.16. The minimum atomic E-state index is -0.355. The molecule has 0 amide bonds. The van der Waals surface area contributed by atoms with Crippen molar-refractivity contribution in [1.82, 2.24) is 0 Å². The van der Waals surface area contributed by atoms with Crippen molar-refractivity contribution in [2.24, 2.45) is 4.99 Å². The standard InChI is InChI=1S/C9H11NO2/c1-4-5-7-10-8(6(2)3)9(11)12-7/h4H,1,5H2,2-3H3. The minimum Gasteiger partial charge on any atom is -0.406 e. The van der Waals surface area contributed by atoms with Gasteiger partial charge in [0.25, 0.3) is 0 Å². The normalized spacial score (nSPS) is 15.7. The summed E-state index contributed by atoms with van der Waals surface area (Å²) in [7, 11) is 0. The van der Waals surface area contributed by atoms with E-state index in [1.54, 1.807) is 6.08 Å². The van der Waals surface area contributed by atoms with Crippen molar-refractivity contribution < 1.29 is 9.53 Å². The Labute approximate surface area is 71.4 Å². The molecule has 1 heterocycles. The van der Waals surface area contributed by atoms with Crippen molar-refractivity contribution >= 4 is 11.9 Å². The first-order chi connectivity index (χ1) is 5.65. The first-order valence-corrected chi connectivity index (χ1v) is 3.73. The largest absolute Gasteiger partial charge is 0.406 e. The molecule has 0 fully saturated rings. The van der Waals surface area contributed by atoms with Gasteiger partial charge < -0.3 is 4.74 Å². The smallest absolute Gasteiger partial charge is 0.363 e. The van der Waals surface area contributed by atoms with Crippen molar-refractivity contribution in [3.8, 4) is 0 Å². The van der Waals surface area contributed by atoms with Crippen molar-refractivity contribution in [2.45, 2.75) is 20.3 Å². The van der Waals surface area contributed by atoms with Gasteiger partial charge in [0.2, 0.25) is 5.90 Å². The number of nitrogens with zero attached hydrogens (tertiary/aromatic N) is 1. The van der Waals surface area contributed by atoms with E-state index >= 15 is 0 Å². The molecule has 0 unspecified atom stereocenters. The van der Waals surface area contributed by atoms with E-state index in [4.69, 9.17) is 4.74 Å². The van der Waals surface area contributed by atoms with E-state index in [0.29, 0.717) is 18.0 Å². The van der Waals surface area contributed by atoms with Crippen LogP contribution in [0.1, 0.15) is 20.3 Å². The van der Waals surface area contributed by atoms with Crippen LogP contribution in [0.3, 0.4) is 0 Å². The fourth-order valence-corrected chi connectivity index (χ4v) is 0.875. The number of allylic oxidation sites excluding steroid dienone is 1. The van der Waals surface area contributed by atoms with Gasteiger partial charge >= 0.3 is 5.97 Å². The number of hydrogen-bond donors (Lipinski definition) is 0. The van der Waals surface area contributed by atoms with Gasteiger partial charge in [-0.05, 0) is 19.4 Å². The minimum absolute atomic E-state index is 0.355. The molecule has 0 atom stereocenters. The molecule has 0 radical (unpaired) electrons. The number of carbonyl (C=O) groups excluding carboxylic acids is 1. The summed E-state index contributed by atoms with van der Waals surface area (Å²) in [4.78, 5) is 15.1. The van der Waals surface area contributed by atoms with Crippen LogP contribution in [0.25, 0.3) is 0 Å². The molecular formula is C9H11NO2. The van der Waals surface area contributed by atoms with E-state index in [9.17, 15) is 4.79 Å². The molecule has 3 heteroatoms.